The molecular formula is C12H12F2N2O3S. The van der Waals surface area contributed by atoms with E-state index < -0.39 is 12.5 Å². The number of aromatic nitrogens is 1. The number of hydrogen-bond donors (Lipinski definition) is 1. The van der Waals surface area contributed by atoms with Crippen LogP contribution in [0.25, 0.3) is 0 Å². The minimum absolute atomic E-state index is 0.0307. The molecule has 0 saturated carbocycles. The summed E-state index contributed by atoms with van der Waals surface area (Å²) < 4.78 is 33.3. The normalized spacial score (nSPS) is 10.8. The first kappa shape index (κ1) is 14.4. The van der Waals surface area contributed by atoms with Crippen LogP contribution in [0.3, 0.4) is 0 Å². The van der Waals surface area contributed by atoms with Crippen LogP contribution in [0.1, 0.15) is 16.2 Å². The lowest BCUT2D eigenvalue weighted by atomic mass is 10.2. The fraction of sp³-hybridized carbons (Fsp3) is 0.333. The number of thiophene rings is 1. The van der Waals surface area contributed by atoms with Crippen molar-refractivity contribution in [3.8, 4) is 5.88 Å². The first-order chi connectivity index (χ1) is 9.47. The molecular weight excluding hydrogens is 290 g/mol. The zero-order valence-corrected chi connectivity index (χ0v) is 11.6. The van der Waals surface area contributed by atoms with Gasteiger partial charge in [-0.2, -0.15) is 8.78 Å². The summed E-state index contributed by atoms with van der Waals surface area (Å²) in [7, 11) is 0. The molecule has 2 heterocycles. The van der Waals surface area contributed by atoms with E-state index in [4.69, 9.17) is 4.52 Å². The fourth-order valence-corrected chi connectivity index (χ4v) is 2.34. The molecule has 0 radical (unpaired) electrons. The van der Waals surface area contributed by atoms with Gasteiger partial charge in [0, 0.05) is 4.88 Å². The summed E-state index contributed by atoms with van der Waals surface area (Å²) in [4.78, 5) is 12.9. The lowest BCUT2D eigenvalue weighted by Gasteiger charge is -2.06. The molecule has 2 rings (SSSR count). The Hall–Kier alpha value is -1.96. The summed E-state index contributed by atoms with van der Waals surface area (Å²) >= 11 is 1.53. The number of anilines is 1. The third-order valence-corrected chi connectivity index (χ3v) is 3.50. The van der Waals surface area contributed by atoms with Gasteiger partial charge in [0.05, 0.1) is 6.42 Å². The summed E-state index contributed by atoms with van der Waals surface area (Å²) in [6, 6.07) is 1.84. The van der Waals surface area contributed by atoms with Crippen LogP contribution in [0.4, 0.5) is 14.5 Å². The molecule has 5 nitrogen and oxygen atoms in total. The van der Waals surface area contributed by atoms with Crippen LogP contribution < -0.4 is 10.1 Å². The molecule has 0 aliphatic carbocycles. The van der Waals surface area contributed by atoms with Crippen LogP contribution in [-0.2, 0) is 11.2 Å². The molecule has 0 saturated heterocycles. The van der Waals surface area contributed by atoms with Crippen molar-refractivity contribution in [2.24, 2.45) is 0 Å². The third-order valence-electron chi connectivity index (χ3n) is 2.61. The zero-order valence-electron chi connectivity index (χ0n) is 10.8. The van der Waals surface area contributed by atoms with Gasteiger partial charge in [-0.1, -0.05) is 0 Å². The maximum absolute atomic E-state index is 12.2. The number of halogens is 2. The van der Waals surface area contributed by atoms with Crippen molar-refractivity contribution in [2.45, 2.75) is 26.9 Å². The first-order valence-corrected chi connectivity index (χ1v) is 6.59. The molecule has 0 fully saturated rings. The average Bonchev–Trinajstić information content (AvgIpc) is 2.90. The highest BCUT2D eigenvalue weighted by Crippen LogP contribution is 2.28. The monoisotopic (exact) mass is 302 g/mol. The molecule has 108 valence electrons. The molecule has 0 atom stereocenters. The minimum Gasteiger partial charge on any atom is -0.412 e. The van der Waals surface area contributed by atoms with Crippen LogP contribution in [0, 0.1) is 13.8 Å². The van der Waals surface area contributed by atoms with Crippen molar-refractivity contribution < 1.29 is 22.8 Å². The number of rotatable bonds is 5. The Labute approximate surface area is 117 Å². The summed E-state index contributed by atoms with van der Waals surface area (Å²) in [5.74, 6) is -0.569. The standard InChI is InChI=1S/C12H12F2N2O3S/c1-6-10(11(16-19-6)18-12(13)14)15-9(17)5-8-3-4-20-7(8)2/h3-4,12H,5H2,1-2H3,(H,15,17). The van der Waals surface area contributed by atoms with Crippen molar-refractivity contribution in [1.29, 1.82) is 0 Å². The number of hydrogen-bond acceptors (Lipinski definition) is 5. The number of aryl methyl sites for hydroxylation is 2. The van der Waals surface area contributed by atoms with E-state index in [2.05, 4.69) is 15.2 Å². The van der Waals surface area contributed by atoms with Gasteiger partial charge in [0.2, 0.25) is 5.91 Å². The second kappa shape index (κ2) is 6.00. The molecule has 0 unspecified atom stereocenters. The molecule has 20 heavy (non-hydrogen) atoms. The lowest BCUT2D eigenvalue weighted by molar-refractivity contribution is -0.115. The molecule has 1 amide bonds. The fourth-order valence-electron chi connectivity index (χ4n) is 1.61. The van der Waals surface area contributed by atoms with E-state index in [-0.39, 0.29) is 23.8 Å². The second-order valence-corrected chi connectivity index (χ2v) is 5.14. The van der Waals surface area contributed by atoms with Crippen LogP contribution in [-0.4, -0.2) is 17.7 Å². The number of amides is 1. The Morgan fingerprint density at radius 3 is 2.90 bits per heavy atom. The van der Waals surface area contributed by atoms with Crippen molar-refractivity contribution >= 4 is 22.9 Å². The van der Waals surface area contributed by atoms with Gasteiger partial charge in [0.25, 0.3) is 5.88 Å². The number of carbonyl (C=O) groups excluding carboxylic acids is 1. The van der Waals surface area contributed by atoms with Crippen LogP contribution in [0.15, 0.2) is 16.0 Å². The quantitative estimate of drug-likeness (QED) is 0.921. The van der Waals surface area contributed by atoms with Crippen LogP contribution in [0.5, 0.6) is 5.88 Å². The van der Waals surface area contributed by atoms with Crippen LogP contribution >= 0.6 is 11.3 Å². The van der Waals surface area contributed by atoms with Gasteiger partial charge in [0.1, 0.15) is 5.69 Å². The Morgan fingerprint density at radius 2 is 2.30 bits per heavy atom. The Morgan fingerprint density at radius 1 is 1.55 bits per heavy atom. The highest BCUT2D eigenvalue weighted by Gasteiger charge is 2.20. The summed E-state index contributed by atoms with van der Waals surface area (Å²) in [5.41, 5.74) is 0.918. The number of nitrogens with one attached hydrogen (secondary N) is 1. The molecule has 0 bridgehead atoms. The first-order valence-electron chi connectivity index (χ1n) is 5.71. The van der Waals surface area contributed by atoms with Gasteiger partial charge >= 0.3 is 6.61 Å². The number of alkyl halides is 2. The highest BCUT2D eigenvalue weighted by atomic mass is 32.1. The summed E-state index contributed by atoms with van der Waals surface area (Å²) in [6.07, 6.45) is 0.147. The SMILES string of the molecule is Cc1onc(OC(F)F)c1NC(=O)Cc1ccsc1C. The summed E-state index contributed by atoms with van der Waals surface area (Å²) in [6.45, 7) is 0.370. The summed E-state index contributed by atoms with van der Waals surface area (Å²) in [5, 5.41) is 7.70. The van der Waals surface area contributed by atoms with E-state index in [1.54, 1.807) is 0 Å². The average molecular weight is 302 g/mol. The van der Waals surface area contributed by atoms with E-state index >= 15 is 0 Å². The molecule has 0 aliphatic rings. The molecule has 0 spiro atoms. The van der Waals surface area contributed by atoms with E-state index in [0.717, 1.165) is 10.4 Å². The third kappa shape index (κ3) is 3.32. The second-order valence-electron chi connectivity index (χ2n) is 4.02. The maximum Gasteiger partial charge on any atom is 0.388 e. The Balaban J connectivity index is 2.08. The predicted octanol–water partition coefficient (Wildman–Crippen LogP) is 3.14. The Kier molecular flexibility index (Phi) is 4.33. The lowest BCUT2D eigenvalue weighted by Crippen LogP contribution is -2.16. The highest BCUT2D eigenvalue weighted by molar-refractivity contribution is 7.10. The van der Waals surface area contributed by atoms with E-state index in [1.165, 1.54) is 18.3 Å². The zero-order chi connectivity index (χ0) is 14.7. The van der Waals surface area contributed by atoms with Crippen molar-refractivity contribution in [2.75, 3.05) is 5.32 Å². The van der Waals surface area contributed by atoms with Gasteiger partial charge in [-0.05, 0) is 36.0 Å². The molecule has 2 aromatic heterocycles. The molecule has 2 aromatic rings. The Bertz CT molecular complexity index is 610. The number of nitrogens with zero attached hydrogens (tertiary/aromatic N) is 1. The minimum atomic E-state index is -3.03. The van der Waals surface area contributed by atoms with Gasteiger partial charge < -0.3 is 14.6 Å². The predicted molar refractivity (Wildman–Crippen MR) is 69.3 cm³/mol. The van der Waals surface area contributed by atoms with Gasteiger partial charge in [0.15, 0.2) is 5.76 Å². The molecule has 0 aromatic carbocycles. The van der Waals surface area contributed by atoms with Gasteiger partial charge in [-0.3, -0.25) is 4.79 Å². The number of carbonyl (C=O) groups is 1. The smallest absolute Gasteiger partial charge is 0.388 e. The molecule has 8 heteroatoms. The van der Waals surface area contributed by atoms with E-state index in [1.807, 2.05) is 18.4 Å². The van der Waals surface area contributed by atoms with Crippen LogP contribution in [0.2, 0.25) is 0 Å². The molecule has 1 N–H and O–H groups in total. The largest absolute Gasteiger partial charge is 0.412 e. The van der Waals surface area contributed by atoms with Gasteiger partial charge in [-0.15, -0.1) is 11.3 Å². The van der Waals surface area contributed by atoms with Crippen molar-refractivity contribution in [3.05, 3.63) is 27.6 Å². The molecule has 0 aliphatic heterocycles. The van der Waals surface area contributed by atoms with E-state index in [0.29, 0.717) is 0 Å². The maximum atomic E-state index is 12.2. The number of ether oxygens (including phenoxy) is 1. The van der Waals surface area contributed by atoms with E-state index in [9.17, 15) is 13.6 Å². The topological polar surface area (TPSA) is 64.4 Å². The van der Waals surface area contributed by atoms with Gasteiger partial charge in [-0.25, -0.2) is 0 Å². The van der Waals surface area contributed by atoms with Crippen molar-refractivity contribution in [1.82, 2.24) is 5.16 Å². The van der Waals surface area contributed by atoms with Crippen molar-refractivity contribution in [3.63, 3.8) is 0 Å².